The highest BCUT2D eigenvalue weighted by Crippen LogP contribution is 2.22. The number of carboxylic acid groups (broad SMARTS) is 2. The van der Waals surface area contributed by atoms with Gasteiger partial charge in [0.2, 0.25) is 11.9 Å². The molecule has 1 aromatic carbocycles. The zero-order valence-electron chi connectivity index (χ0n) is 30.0. The van der Waals surface area contributed by atoms with Gasteiger partial charge in [-0.05, 0) is 37.6 Å². The fraction of sp³-hybridized carbons (Fsp3) is 0.424. The molecule has 1 aliphatic rings. The van der Waals surface area contributed by atoms with Gasteiger partial charge in [0.15, 0.2) is 29.3 Å². The summed E-state index contributed by atoms with van der Waals surface area (Å²) < 4.78 is 11.7. The maximum absolute atomic E-state index is 12.9. The number of carbonyl (C=O) groups excluding carboxylic acids is 3. The van der Waals surface area contributed by atoms with Crippen molar-refractivity contribution in [1.29, 1.82) is 0 Å². The number of aromatic amines is 1. The van der Waals surface area contributed by atoms with Crippen molar-refractivity contribution in [1.82, 2.24) is 45.6 Å². The Morgan fingerprint density at radius 2 is 1.74 bits per heavy atom. The smallest absolute Gasteiger partial charge is 0.335 e. The number of rotatable bonds is 18. The molecule has 4 heterocycles. The lowest BCUT2D eigenvalue weighted by atomic mass is 9.99. The second-order valence-corrected chi connectivity index (χ2v) is 12.8. The van der Waals surface area contributed by atoms with Crippen LogP contribution in [0.25, 0.3) is 11.2 Å². The number of nitrogens with one attached hydrogen (secondary N) is 4. The van der Waals surface area contributed by atoms with Gasteiger partial charge in [-0.3, -0.25) is 24.2 Å². The molecule has 3 unspecified atom stereocenters. The number of ether oxygens (including phenoxy) is 2. The van der Waals surface area contributed by atoms with Crippen molar-refractivity contribution in [3.05, 3.63) is 64.0 Å². The highest BCUT2D eigenvalue weighted by Gasteiger charge is 2.47. The second-order valence-electron chi connectivity index (χ2n) is 12.8. The van der Waals surface area contributed by atoms with Crippen molar-refractivity contribution < 1.29 is 59.0 Å². The molecule has 0 radical (unpaired) electrons. The number of nitrogens with zero attached hydrogens (tertiary/aromatic N) is 6. The van der Waals surface area contributed by atoms with Gasteiger partial charge in [-0.15, -0.1) is 5.10 Å². The van der Waals surface area contributed by atoms with E-state index in [0.717, 1.165) is 0 Å². The molecule has 0 aliphatic carbocycles. The van der Waals surface area contributed by atoms with E-state index in [-0.39, 0.29) is 67.3 Å². The third kappa shape index (κ3) is 10.9. The number of fused-ring (bicyclic) bond motifs is 1. The Hall–Kier alpha value is -6.47. The predicted octanol–water partition coefficient (Wildman–Crippen LogP) is -3.31. The van der Waals surface area contributed by atoms with Gasteiger partial charge in [0.25, 0.3) is 11.5 Å². The number of carbonyl (C=O) groups is 5. The first kappa shape index (κ1) is 41.7. The minimum Gasteiger partial charge on any atom is -0.480 e. The standard InChI is InChI=1S/C33H39N11O13/c1-14(45)20(10-17-13-44(43-42-17)8-9-56-32-25(49)23(47)24(48)26(57-32)31(54)55)38-21(46)7-6-19(30(52)53)39-28(50)15-2-4-16(5-3-15)35-11-18-12-36-27-22(37-18)29(51)41-33(34)40-27/h2-5,12-13,19-20,23-26,32,35,47-49H,6-11H2,1H3,(H,38,46)(H,39,50)(H,52,53)(H,54,55)(H3,34,36,40,41,51)/t19-,20-,23-,24?,25-,26?,32?/m0/s1. The molecule has 24 heteroatoms. The van der Waals surface area contributed by atoms with Gasteiger partial charge in [0.1, 0.15) is 24.4 Å². The minimum absolute atomic E-state index is 0.0112. The summed E-state index contributed by atoms with van der Waals surface area (Å²) in [7, 11) is 0. The van der Waals surface area contributed by atoms with Crippen LogP contribution in [0.5, 0.6) is 0 Å². The van der Waals surface area contributed by atoms with Crippen LogP contribution in [0.1, 0.15) is 41.5 Å². The lowest BCUT2D eigenvalue weighted by Gasteiger charge is -2.38. The summed E-state index contributed by atoms with van der Waals surface area (Å²) in [6.07, 6.45) is -6.68. The maximum atomic E-state index is 12.9. The van der Waals surface area contributed by atoms with E-state index in [9.17, 15) is 49.2 Å². The molecule has 0 saturated carbocycles. The zero-order chi connectivity index (χ0) is 41.4. The number of aliphatic hydroxyl groups is 3. The van der Waals surface area contributed by atoms with Gasteiger partial charge in [-0.25, -0.2) is 24.2 Å². The molecule has 3 aromatic heterocycles. The summed E-state index contributed by atoms with van der Waals surface area (Å²) in [5.41, 5.74) is 6.53. The Kier molecular flexibility index (Phi) is 13.5. The van der Waals surface area contributed by atoms with Gasteiger partial charge < -0.3 is 56.7 Å². The largest absolute Gasteiger partial charge is 0.480 e. The van der Waals surface area contributed by atoms with E-state index in [2.05, 4.69) is 46.2 Å². The lowest BCUT2D eigenvalue weighted by molar-refractivity contribution is -0.294. The van der Waals surface area contributed by atoms with Crippen LogP contribution in [0.2, 0.25) is 0 Å². The molecule has 1 saturated heterocycles. The molecule has 11 N–H and O–H groups in total. The van der Waals surface area contributed by atoms with Gasteiger partial charge in [-0.2, -0.15) is 4.98 Å². The van der Waals surface area contributed by atoms with Gasteiger partial charge in [-0.1, -0.05) is 5.21 Å². The topological polar surface area (TPSA) is 369 Å². The van der Waals surface area contributed by atoms with Gasteiger partial charge >= 0.3 is 11.9 Å². The fourth-order valence-corrected chi connectivity index (χ4v) is 5.53. The number of hydrogen-bond donors (Lipinski definition) is 10. The van der Waals surface area contributed by atoms with Crippen molar-refractivity contribution in [2.75, 3.05) is 17.7 Å². The van der Waals surface area contributed by atoms with E-state index in [1.54, 1.807) is 12.1 Å². The van der Waals surface area contributed by atoms with Crippen molar-refractivity contribution in [3.8, 4) is 0 Å². The first-order valence-electron chi connectivity index (χ1n) is 17.2. The summed E-state index contributed by atoms with van der Waals surface area (Å²) in [4.78, 5) is 88.0. The summed E-state index contributed by atoms with van der Waals surface area (Å²) >= 11 is 0. The summed E-state index contributed by atoms with van der Waals surface area (Å²) in [6, 6.07) is 3.56. The summed E-state index contributed by atoms with van der Waals surface area (Å²) in [6.45, 7) is 1.23. The SMILES string of the molecule is CC(=O)[C@H](Cc1cn(CCOC2OC(C(=O)O)C(O)[C@H](O)[C@@H]2O)nn1)NC(=O)CC[C@H](NC(=O)c1ccc(NCc2cnc3nc(N)[nH]c(=O)c3n2)cc1)C(=O)O. The van der Waals surface area contributed by atoms with Crippen LogP contribution in [0, 0.1) is 0 Å². The summed E-state index contributed by atoms with van der Waals surface area (Å²) in [5, 5.41) is 64.5. The number of H-pyrrole nitrogens is 1. The Morgan fingerprint density at radius 1 is 1.00 bits per heavy atom. The Labute approximate surface area is 320 Å². The molecular formula is C33H39N11O13. The number of anilines is 2. The molecule has 1 fully saturated rings. The van der Waals surface area contributed by atoms with Crippen molar-refractivity contribution in [2.24, 2.45) is 0 Å². The molecule has 0 spiro atoms. The normalized spacial score (nSPS) is 20.3. The first-order chi connectivity index (χ1) is 27.1. The number of hydrogen-bond acceptors (Lipinski definition) is 18. The highest BCUT2D eigenvalue weighted by atomic mass is 16.7. The number of carboxylic acids is 2. The van der Waals surface area contributed by atoms with E-state index < -0.39 is 77.9 Å². The maximum Gasteiger partial charge on any atom is 0.335 e. The molecular weight excluding hydrogens is 758 g/mol. The van der Waals surface area contributed by atoms with Crippen molar-refractivity contribution in [2.45, 2.75) is 82.1 Å². The third-order valence-corrected chi connectivity index (χ3v) is 8.61. The molecule has 57 heavy (non-hydrogen) atoms. The third-order valence-electron chi connectivity index (χ3n) is 8.61. The van der Waals surface area contributed by atoms with Crippen LogP contribution in [0.4, 0.5) is 11.6 Å². The Morgan fingerprint density at radius 3 is 2.42 bits per heavy atom. The summed E-state index contributed by atoms with van der Waals surface area (Å²) in [5.74, 6) is -4.83. The predicted molar refractivity (Wildman–Crippen MR) is 191 cm³/mol. The van der Waals surface area contributed by atoms with Crippen LogP contribution in [-0.2, 0) is 48.2 Å². The molecule has 24 nitrogen and oxygen atoms in total. The van der Waals surface area contributed by atoms with Crippen LogP contribution in [0.3, 0.4) is 0 Å². The quantitative estimate of drug-likeness (QED) is 0.0471. The molecule has 4 aromatic rings. The molecule has 304 valence electrons. The number of Topliss-reactive ketones (excluding diaryl/α,β-unsaturated/α-hetero) is 1. The van der Waals surface area contributed by atoms with Crippen LogP contribution in [0.15, 0.2) is 41.5 Å². The van der Waals surface area contributed by atoms with E-state index in [4.69, 9.17) is 20.3 Å². The number of aliphatic hydroxyl groups excluding tert-OH is 3. The van der Waals surface area contributed by atoms with E-state index in [0.29, 0.717) is 11.4 Å². The van der Waals surface area contributed by atoms with Crippen LogP contribution >= 0.6 is 0 Å². The zero-order valence-corrected chi connectivity index (χ0v) is 30.0. The monoisotopic (exact) mass is 797 g/mol. The number of benzene rings is 1. The second kappa shape index (κ2) is 18.4. The lowest BCUT2D eigenvalue weighted by Crippen LogP contribution is -2.60. The highest BCUT2D eigenvalue weighted by molar-refractivity contribution is 5.97. The Bertz CT molecular complexity index is 2160. The number of nitrogen functional groups attached to an aromatic ring is 1. The van der Waals surface area contributed by atoms with Crippen LogP contribution in [-0.4, -0.2) is 139 Å². The number of ketones is 1. The van der Waals surface area contributed by atoms with E-state index in [1.807, 2.05) is 0 Å². The van der Waals surface area contributed by atoms with E-state index >= 15 is 0 Å². The average Bonchev–Trinajstić information content (AvgIpc) is 3.62. The minimum atomic E-state index is -1.87. The number of amides is 2. The first-order valence-corrected chi connectivity index (χ1v) is 17.2. The molecule has 1 aliphatic heterocycles. The number of nitrogens with two attached hydrogens (primary N) is 1. The molecule has 5 rings (SSSR count). The average molecular weight is 798 g/mol. The Balaban J connectivity index is 1.06. The number of aromatic nitrogens is 7. The van der Waals surface area contributed by atoms with Gasteiger partial charge in [0.05, 0.1) is 43.3 Å². The van der Waals surface area contributed by atoms with Crippen molar-refractivity contribution in [3.63, 3.8) is 0 Å². The molecule has 0 bridgehead atoms. The number of aliphatic carboxylic acids is 2. The molecule has 2 amide bonds. The molecule has 7 atom stereocenters. The van der Waals surface area contributed by atoms with E-state index in [1.165, 1.54) is 36.1 Å². The van der Waals surface area contributed by atoms with Crippen molar-refractivity contribution >= 4 is 52.3 Å². The fourth-order valence-electron chi connectivity index (χ4n) is 5.53. The van der Waals surface area contributed by atoms with Crippen LogP contribution < -0.4 is 27.2 Å². The van der Waals surface area contributed by atoms with Gasteiger partial charge in [0, 0.05) is 30.3 Å².